The lowest BCUT2D eigenvalue weighted by Gasteiger charge is -2.52. The molecule has 3 aromatic heterocycles. The summed E-state index contributed by atoms with van der Waals surface area (Å²) in [6.07, 6.45) is 10.2. The van der Waals surface area contributed by atoms with Crippen molar-refractivity contribution < 1.29 is 18.9 Å². The Labute approximate surface area is 340 Å². The Morgan fingerprint density at radius 2 is 1.07 bits per heavy atom. The van der Waals surface area contributed by atoms with Gasteiger partial charge < -0.3 is 18.9 Å². The Balaban J connectivity index is 1.06. The van der Waals surface area contributed by atoms with Crippen molar-refractivity contribution >= 4 is 32.6 Å². The normalized spacial score (nSPS) is 27.4. The average Bonchev–Trinajstić information content (AvgIpc) is 3.29. The van der Waals surface area contributed by atoms with Crippen LogP contribution in [0.1, 0.15) is 75.7 Å². The lowest BCUT2D eigenvalue weighted by Crippen LogP contribution is -2.56. The molecule has 0 N–H and O–H groups in total. The summed E-state index contributed by atoms with van der Waals surface area (Å²) in [4.78, 5) is 14.8. The van der Waals surface area contributed by atoms with E-state index in [0.29, 0.717) is 35.4 Å². The van der Waals surface area contributed by atoms with Gasteiger partial charge in [0.2, 0.25) is 11.8 Å². The highest BCUT2D eigenvalue weighted by Gasteiger charge is 2.46. The summed E-state index contributed by atoms with van der Waals surface area (Å²) < 4.78 is 26.0. The van der Waals surface area contributed by atoms with Crippen LogP contribution in [0.3, 0.4) is 0 Å². The molecule has 0 aliphatic carbocycles. The van der Waals surface area contributed by atoms with Crippen LogP contribution in [-0.2, 0) is 0 Å². The van der Waals surface area contributed by atoms with Crippen LogP contribution in [0, 0.1) is 23.7 Å². The van der Waals surface area contributed by atoms with Crippen molar-refractivity contribution in [1.82, 2.24) is 30.0 Å². The summed E-state index contributed by atoms with van der Waals surface area (Å²) in [5.41, 5.74) is 4.01. The zero-order chi connectivity index (χ0) is 39.3. The number of methoxy groups -OCH3 is 2. The first-order valence-electron chi connectivity index (χ1n) is 21.5. The molecule has 6 fully saturated rings. The van der Waals surface area contributed by atoms with Gasteiger partial charge in [-0.25, -0.2) is 0 Å². The molecule has 0 amide bonds. The summed E-state index contributed by atoms with van der Waals surface area (Å²) >= 11 is 0. The molecule has 4 bridgehead atoms. The smallest absolute Gasteiger partial charge is 0.242 e. The fourth-order valence-electron chi connectivity index (χ4n) is 11.1. The largest absolute Gasteiger partial charge is 0.497 e. The average molecular weight is 779 g/mol. The van der Waals surface area contributed by atoms with E-state index < -0.39 is 0 Å². The second-order valence-electron chi connectivity index (χ2n) is 17.0. The number of rotatable bonds is 12. The first-order chi connectivity index (χ1) is 28.5. The van der Waals surface area contributed by atoms with Crippen LogP contribution in [-0.4, -0.2) is 82.4 Å². The van der Waals surface area contributed by atoms with E-state index in [1.165, 1.54) is 25.7 Å². The van der Waals surface area contributed by atoms with Gasteiger partial charge in [-0.1, -0.05) is 38.8 Å². The predicted octanol–water partition coefficient (Wildman–Crippen LogP) is 9.22. The molecule has 0 spiro atoms. The summed E-state index contributed by atoms with van der Waals surface area (Å²) in [6.45, 7) is 9.00. The molecule has 0 saturated carbocycles. The van der Waals surface area contributed by atoms with Crippen molar-refractivity contribution in [3.05, 3.63) is 96.3 Å². The van der Waals surface area contributed by atoms with Crippen LogP contribution in [0.5, 0.6) is 23.3 Å². The van der Waals surface area contributed by atoms with Gasteiger partial charge in [-0.2, -0.15) is 0 Å². The number of piperidine rings is 6. The second-order valence-corrected chi connectivity index (χ2v) is 17.0. The van der Waals surface area contributed by atoms with E-state index in [0.717, 1.165) is 94.2 Å². The molecular weight excluding hydrogens is 725 g/mol. The van der Waals surface area contributed by atoms with Gasteiger partial charge in [0, 0.05) is 47.4 Å². The molecule has 6 aliphatic heterocycles. The zero-order valence-electron chi connectivity index (χ0n) is 34.1. The molecule has 9 heterocycles. The topological polar surface area (TPSA) is 95.0 Å². The molecule has 10 heteroatoms. The van der Waals surface area contributed by atoms with Crippen LogP contribution in [0.2, 0.25) is 0 Å². The monoisotopic (exact) mass is 778 g/mol. The lowest BCUT2D eigenvalue weighted by atomic mass is 9.72. The minimum Gasteiger partial charge on any atom is -0.497 e. The number of hydrogen-bond acceptors (Lipinski definition) is 10. The molecule has 3 aromatic carbocycles. The van der Waals surface area contributed by atoms with Crippen LogP contribution < -0.4 is 18.9 Å². The second kappa shape index (κ2) is 15.6. The Morgan fingerprint density at radius 1 is 0.603 bits per heavy atom. The summed E-state index contributed by atoms with van der Waals surface area (Å²) in [7, 11) is 3.42. The third-order valence-corrected chi connectivity index (χ3v) is 14.3. The number of hydrogen-bond donors (Lipinski definition) is 0. The van der Waals surface area contributed by atoms with Crippen molar-refractivity contribution in [2.75, 3.05) is 40.4 Å². The molecule has 6 aromatic rings. The van der Waals surface area contributed by atoms with E-state index in [-0.39, 0.29) is 24.3 Å². The molecule has 6 aliphatic rings. The lowest BCUT2D eigenvalue weighted by molar-refractivity contribution is -0.0505. The molecular formula is C48H54N6O4. The first-order valence-corrected chi connectivity index (χ1v) is 21.5. The number of aromatic nitrogens is 4. The minimum atomic E-state index is -0.300. The van der Waals surface area contributed by atoms with E-state index in [1.807, 2.05) is 36.7 Å². The molecule has 2 unspecified atom stereocenters. The van der Waals surface area contributed by atoms with Crippen molar-refractivity contribution in [3.8, 4) is 23.3 Å². The molecule has 300 valence electrons. The van der Waals surface area contributed by atoms with E-state index in [1.54, 1.807) is 14.2 Å². The first kappa shape index (κ1) is 37.2. The number of nitrogens with zero attached hydrogens (tertiary/aromatic N) is 6. The fourth-order valence-corrected chi connectivity index (χ4v) is 11.1. The van der Waals surface area contributed by atoms with Crippen molar-refractivity contribution in [3.63, 3.8) is 0 Å². The zero-order valence-corrected chi connectivity index (χ0v) is 34.1. The van der Waals surface area contributed by atoms with Gasteiger partial charge in [-0.05, 0) is 123 Å². The van der Waals surface area contributed by atoms with Crippen molar-refractivity contribution in [2.45, 2.75) is 76.7 Å². The van der Waals surface area contributed by atoms with Crippen LogP contribution in [0.25, 0.3) is 32.6 Å². The Kier molecular flexibility index (Phi) is 10.0. The molecule has 0 radical (unpaired) electrons. The Bertz CT molecular complexity index is 2280. The quantitative estimate of drug-likeness (QED) is 0.120. The molecule has 6 saturated heterocycles. The maximum Gasteiger partial charge on any atom is 0.242 e. The van der Waals surface area contributed by atoms with Crippen LogP contribution >= 0.6 is 0 Å². The highest BCUT2D eigenvalue weighted by molar-refractivity contribution is 5.91. The summed E-state index contributed by atoms with van der Waals surface area (Å²) in [6, 6.07) is 25.1. The van der Waals surface area contributed by atoms with Gasteiger partial charge >= 0.3 is 0 Å². The SMILES string of the molecule is CC[C@H]1CN2CC[C@H]1C[C@H]2[C@@H](Oc1nnc(O[C@@H](c2ccnc3ccc(OC)cc23)[C@@H]2C[C@@H]3CCN2C[C@@H]3CC)c2ccccc12)c1ccnc2ccc(OC)cc12. The number of pyridine rings is 2. The third-order valence-electron chi connectivity index (χ3n) is 14.3. The van der Waals surface area contributed by atoms with Crippen molar-refractivity contribution in [2.24, 2.45) is 23.7 Å². The summed E-state index contributed by atoms with van der Waals surface area (Å²) in [5.74, 6) is 5.39. The Morgan fingerprint density at radius 3 is 1.47 bits per heavy atom. The third kappa shape index (κ3) is 6.58. The van der Waals surface area contributed by atoms with Crippen molar-refractivity contribution in [1.29, 1.82) is 0 Å². The minimum absolute atomic E-state index is 0.180. The number of ether oxygens (including phenoxy) is 4. The van der Waals surface area contributed by atoms with Gasteiger partial charge in [0.25, 0.3) is 0 Å². The molecule has 10 nitrogen and oxygen atoms in total. The highest BCUT2D eigenvalue weighted by atomic mass is 16.5. The van der Waals surface area contributed by atoms with E-state index in [9.17, 15) is 0 Å². The fraction of sp³-hybridized carbons (Fsp3) is 0.458. The molecule has 10 atom stereocenters. The molecule has 58 heavy (non-hydrogen) atoms. The van der Waals surface area contributed by atoms with E-state index in [2.05, 4.69) is 72.2 Å². The van der Waals surface area contributed by atoms with Gasteiger partial charge in [0.15, 0.2) is 0 Å². The number of fused-ring (bicyclic) bond motifs is 9. The highest BCUT2D eigenvalue weighted by Crippen LogP contribution is 2.47. The molecule has 12 rings (SSSR count). The van der Waals surface area contributed by atoms with Crippen LogP contribution in [0.15, 0.2) is 85.2 Å². The van der Waals surface area contributed by atoms with E-state index in [4.69, 9.17) is 39.1 Å². The Hall–Kier alpha value is -5.06. The summed E-state index contributed by atoms with van der Waals surface area (Å²) in [5, 5.41) is 13.7. The number of benzene rings is 3. The van der Waals surface area contributed by atoms with Gasteiger partial charge in [0.05, 0.1) is 48.1 Å². The van der Waals surface area contributed by atoms with Crippen LogP contribution in [0.4, 0.5) is 0 Å². The van der Waals surface area contributed by atoms with Gasteiger partial charge in [-0.3, -0.25) is 19.8 Å². The standard InChI is InChI=1S/C48H54N6O4/c1-5-29-27-53-21-17-31(29)23-43(53)45(35-15-19-49-41-13-11-33(55-3)25-39(35)41)57-47-37-9-7-8-10-38(37)48(52-51-47)58-46(44-24-32-18-22-54(44)28-30(32)6-2)36-16-20-50-42-14-12-34(56-4)26-40(36)42/h7-16,19-20,25-26,29-32,43-46H,5-6,17-18,21-24,27-28H2,1-4H3/t29-,30-,31-,32-,43-,44-,45-,46-/m0/s1. The van der Waals surface area contributed by atoms with Gasteiger partial charge in [0.1, 0.15) is 23.7 Å². The predicted molar refractivity (Wildman–Crippen MR) is 227 cm³/mol. The van der Waals surface area contributed by atoms with E-state index >= 15 is 0 Å². The maximum absolute atomic E-state index is 7.30. The van der Waals surface area contributed by atoms with Gasteiger partial charge in [-0.15, -0.1) is 10.2 Å². The maximum atomic E-state index is 7.30.